The summed E-state index contributed by atoms with van der Waals surface area (Å²) in [4.78, 5) is 29.9. The Morgan fingerprint density at radius 3 is 2.49 bits per heavy atom. The lowest BCUT2D eigenvalue weighted by Gasteiger charge is -2.07. The summed E-state index contributed by atoms with van der Waals surface area (Å²) in [6, 6.07) is 23.0. The number of hydrogen-bond donors (Lipinski definition) is 0. The maximum Gasteiger partial charge on any atom is 0.318 e. The molecule has 0 spiro atoms. The highest BCUT2D eigenvalue weighted by Crippen LogP contribution is 2.34. The van der Waals surface area contributed by atoms with Crippen molar-refractivity contribution < 1.29 is 19.0 Å². The number of nitrogens with zero attached hydrogens (tertiary/aromatic N) is 4. The summed E-state index contributed by atoms with van der Waals surface area (Å²) >= 11 is 3.41. The SMILES string of the molecule is O=[N+]([O-])c1ccc(Oc2cccc(C=Nc3ccc4oc(-c5ccc(Br)cc5)nc4c3)c2)c([N+](=O)[O-])c1. The normalized spacial score (nSPS) is 11.2. The predicted octanol–water partition coefficient (Wildman–Crippen LogP) is 7.62. The van der Waals surface area contributed by atoms with Crippen LogP contribution in [-0.4, -0.2) is 21.0 Å². The van der Waals surface area contributed by atoms with Crippen LogP contribution < -0.4 is 4.74 Å². The topological polar surface area (TPSA) is 134 Å². The van der Waals surface area contributed by atoms with Gasteiger partial charge in [-0.05, 0) is 66.2 Å². The van der Waals surface area contributed by atoms with E-state index in [-0.39, 0.29) is 5.75 Å². The molecule has 182 valence electrons. The molecule has 0 unspecified atom stereocenters. The Hall–Kier alpha value is -4.90. The van der Waals surface area contributed by atoms with Gasteiger partial charge >= 0.3 is 5.69 Å². The van der Waals surface area contributed by atoms with Crippen molar-refractivity contribution >= 4 is 50.3 Å². The van der Waals surface area contributed by atoms with Gasteiger partial charge in [-0.2, -0.15) is 0 Å². The first-order chi connectivity index (χ1) is 17.9. The molecule has 0 aliphatic carbocycles. The van der Waals surface area contributed by atoms with E-state index in [1.807, 2.05) is 24.3 Å². The van der Waals surface area contributed by atoms with Gasteiger partial charge < -0.3 is 9.15 Å². The number of rotatable bonds is 7. The quantitative estimate of drug-likeness (QED) is 0.114. The third-order valence-electron chi connectivity index (χ3n) is 5.26. The van der Waals surface area contributed by atoms with Gasteiger partial charge in [0.15, 0.2) is 5.58 Å². The summed E-state index contributed by atoms with van der Waals surface area (Å²) < 4.78 is 12.5. The lowest BCUT2D eigenvalue weighted by atomic mass is 10.2. The van der Waals surface area contributed by atoms with Gasteiger partial charge in [0.2, 0.25) is 11.6 Å². The van der Waals surface area contributed by atoms with Crippen molar-refractivity contribution in [3.63, 3.8) is 0 Å². The van der Waals surface area contributed by atoms with Gasteiger partial charge in [-0.15, -0.1) is 0 Å². The van der Waals surface area contributed by atoms with Crippen molar-refractivity contribution in [2.24, 2.45) is 4.99 Å². The third-order valence-corrected chi connectivity index (χ3v) is 5.79. The van der Waals surface area contributed by atoms with Crippen LogP contribution in [0.3, 0.4) is 0 Å². The van der Waals surface area contributed by atoms with Gasteiger partial charge in [0.25, 0.3) is 5.69 Å². The second-order valence-corrected chi connectivity index (χ2v) is 8.69. The maximum absolute atomic E-state index is 11.4. The van der Waals surface area contributed by atoms with Crippen LogP contribution in [0.5, 0.6) is 11.5 Å². The van der Waals surface area contributed by atoms with Crippen LogP contribution in [0.15, 0.2) is 98.8 Å². The largest absolute Gasteiger partial charge is 0.450 e. The van der Waals surface area contributed by atoms with E-state index in [4.69, 9.17) is 9.15 Å². The van der Waals surface area contributed by atoms with Gasteiger partial charge in [0.05, 0.1) is 21.6 Å². The van der Waals surface area contributed by atoms with Gasteiger partial charge in [-0.25, -0.2) is 4.98 Å². The number of halogens is 1. The van der Waals surface area contributed by atoms with Crippen molar-refractivity contribution in [1.29, 1.82) is 0 Å². The monoisotopic (exact) mass is 558 g/mol. The third kappa shape index (κ3) is 5.36. The highest BCUT2D eigenvalue weighted by atomic mass is 79.9. The molecule has 0 aliphatic heterocycles. The van der Waals surface area contributed by atoms with E-state index >= 15 is 0 Å². The molecule has 0 bridgehead atoms. The van der Waals surface area contributed by atoms with Crippen molar-refractivity contribution in [3.8, 4) is 23.0 Å². The van der Waals surface area contributed by atoms with Crippen LogP contribution in [0.1, 0.15) is 5.56 Å². The Bertz CT molecular complexity index is 1680. The van der Waals surface area contributed by atoms with Gasteiger partial charge in [-0.1, -0.05) is 28.1 Å². The van der Waals surface area contributed by atoms with Crippen LogP contribution in [0, 0.1) is 20.2 Å². The number of aliphatic imine (C=N–C) groups is 1. The van der Waals surface area contributed by atoms with E-state index in [0.717, 1.165) is 22.2 Å². The average molecular weight is 559 g/mol. The molecule has 4 aromatic carbocycles. The Labute approximate surface area is 217 Å². The number of nitro groups is 2. The molecule has 37 heavy (non-hydrogen) atoms. The molecule has 0 aliphatic rings. The number of ether oxygens (including phenoxy) is 1. The number of fused-ring (bicyclic) bond motifs is 1. The first kappa shape index (κ1) is 23.8. The first-order valence-electron chi connectivity index (χ1n) is 10.8. The fourth-order valence-corrected chi connectivity index (χ4v) is 3.76. The molecule has 5 aromatic rings. The van der Waals surface area contributed by atoms with Gasteiger partial charge in [-0.3, -0.25) is 25.2 Å². The molecule has 10 nitrogen and oxygen atoms in total. The standard InChI is InChI=1S/C26H15BrN4O6/c27-18-6-4-17(5-7-18)26-29-22-13-19(8-10-24(22)37-26)28-15-16-2-1-3-21(12-16)36-25-11-9-20(30(32)33)14-23(25)31(34)35/h1-15H. The lowest BCUT2D eigenvalue weighted by Crippen LogP contribution is -1.96. The van der Waals surface area contributed by atoms with E-state index < -0.39 is 21.2 Å². The number of aromatic nitrogens is 1. The summed E-state index contributed by atoms with van der Waals surface area (Å²) in [6.07, 6.45) is 1.62. The Kier molecular flexibility index (Phi) is 6.43. The molecule has 1 heterocycles. The molecule has 0 radical (unpaired) electrons. The average Bonchev–Trinajstić information content (AvgIpc) is 3.31. The molecule has 0 saturated heterocycles. The second-order valence-electron chi connectivity index (χ2n) is 7.78. The van der Waals surface area contributed by atoms with Crippen LogP contribution in [0.25, 0.3) is 22.6 Å². The minimum absolute atomic E-state index is 0.109. The molecule has 0 fully saturated rings. The van der Waals surface area contributed by atoms with Crippen molar-refractivity contribution in [3.05, 3.63) is 115 Å². The second kappa shape index (κ2) is 9.99. The Balaban J connectivity index is 1.36. The van der Waals surface area contributed by atoms with Crippen LogP contribution in [0.4, 0.5) is 17.1 Å². The van der Waals surface area contributed by atoms with Crippen molar-refractivity contribution in [2.75, 3.05) is 0 Å². The molecular formula is C26H15BrN4O6. The van der Waals surface area contributed by atoms with E-state index in [1.54, 1.807) is 48.7 Å². The summed E-state index contributed by atoms with van der Waals surface area (Å²) in [5.41, 5.74) is 2.59. The number of hydrogen-bond acceptors (Lipinski definition) is 8. The van der Waals surface area contributed by atoms with Gasteiger partial charge in [0.1, 0.15) is 11.3 Å². The molecule has 5 rings (SSSR count). The minimum atomic E-state index is -0.726. The summed E-state index contributed by atoms with van der Waals surface area (Å²) in [5.74, 6) is 0.712. The zero-order chi connectivity index (χ0) is 25.9. The highest BCUT2D eigenvalue weighted by molar-refractivity contribution is 9.10. The van der Waals surface area contributed by atoms with E-state index in [2.05, 4.69) is 25.9 Å². The molecule has 1 aromatic heterocycles. The molecule has 0 amide bonds. The Morgan fingerprint density at radius 1 is 0.919 bits per heavy atom. The highest BCUT2D eigenvalue weighted by Gasteiger charge is 2.21. The van der Waals surface area contributed by atoms with Crippen LogP contribution >= 0.6 is 15.9 Å². The molecule has 0 atom stereocenters. The zero-order valence-electron chi connectivity index (χ0n) is 18.8. The Morgan fingerprint density at radius 2 is 1.73 bits per heavy atom. The fourth-order valence-electron chi connectivity index (χ4n) is 3.49. The number of non-ortho nitro benzene ring substituents is 1. The first-order valence-corrected chi connectivity index (χ1v) is 11.6. The molecule has 0 saturated carbocycles. The summed E-state index contributed by atoms with van der Waals surface area (Å²) in [6.45, 7) is 0. The van der Waals surface area contributed by atoms with Gasteiger partial charge in [0, 0.05) is 22.3 Å². The molecular weight excluding hydrogens is 544 g/mol. The molecule has 11 heteroatoms. The predicted molar refractivity (Wildman–Crippen MR) is 141 cm³/mol. The summed E-state index contributed by atoms with van der Waals surface area (Å²) in [7, 11) is 0. The van der Waals surface area contributed by atoms with Crippen molar-refractivity contribution in [2.45, 2.75) is 0 Å². The minimum Gasteiger partial charge on any atom is -0.450 e. The van der Waals surface area contributed by atoms with Crippen LogP contribution in [0.2, 0.25) is 0 Å². The number of nitro benzene ring substituents is 2. The summed E-state index contributed by atoms with van der Waals surface area (Å²) in [5, 5.41) is 22.3. The van der Waals surface area contributed by atoms with E-state index in [1.165, 1.54) is 6.07 Å². The molecule has 0 N–H and O–H groups in total. The maximum atomic E-state index is 11.4. The number of oxazole rings is 1. The fraction of sp³-hybridized carbons (Fsp3) is 0. The lowest BCUT2D eigenvalue weighted by molar-refractivity contribution is -0.394. The van der Waals surface area contributed by atoms with Crippen molar-refractivity contribution in [1.82, 2.24) is 4.98 Å². The van der Waals surface area contributed by atoms with E-state index in [0.29, 0.717) is 34.0 Å². The van der Waals surface area contributed by atoms with Crippen LogP contribution in [-0.2, 0) is 0 Å². The number of benzene rings is 4. The zero-order valence-corrected chi connectivity index (χ0v) is 20.4. The smallest absolute Gasteiger partial charge is 0.318 e. The van der Waals surface area contributed by atoms with E-state index in [9.17, 15) is 20.2 Å².